The lowest BCUT2D eigenvalue weighted by molar-refractivity contribution is -0.130. The van der Waals surface area contributed by atoms with Gasteiger partial charge in [-0.15, -0.1) is 0 Å². The third kappa shape index (κ3) is 4.69. The van der Waals surface area contributed by atoms with Crippen LogP contribution in [0.25, 0.3) is 0 Å². The summed E-state index contributed by atoms with van der Waals surface area (Å²) in [5.41, 5.74) is 0.258. The Bertz CT molecular complexity index is 803. The van der Waals surface area contributed by atoms with Crippen LogP contribution in [0.2, 0.25) is 0 Å². The minimum Gasteiger partial charge on any atom is -0.484 e. The van der Waals surface area contributed by atoms with Crippen LogP contribution >= 0.6 is 0 Å². The zero-order valence-corrected chi connectivity index (χ0v) is 14.0. The predicted molar refractivity (Wildman–Crippen MR) is 87.8 cm³/mol. The number of halogens is 1. The zero-order chi connectivity index (χ0) is 17.7. The van der Waals surface area contributed by atoms with Crippen LogP contribution < -0.4 is 9.46 Å². The van der Waals surface area contributed by atoms with Crippen molar-refractivity contribution in [3.05, 3.63) is 54.3 Å². The Morgan fingerprint density at radius 1 is 1.08 bits per heavy atom. The predicted octanol–water partition coefficient (Wildman–Crippen LogP) is 2.09. The molecule has 0 heterocycles. The second-order valence-corrected chi connectivity index (χ2v) is 6.84. The third-order valence-corrected chi connectivity index (χ3v) is 4.49. The van der Waals surface area contributed by atoms with E-state index >= 15 is 0 Å². The molecule has 24 heavy (non-hydrogen) atoms. The molecule has 0 aromatic heterocycles. The van der Waals surface area contributed by atoms with Crippen molar-refractivity contribution in [1.82, 2.24) is 4.90 Å². The van der Waals surface area contributed by atoms with Gasteiger partial charge in [-0.2, -0.15) is 0 Å². The van der Waals surface area contributed by atoms with Gasteiger partial charge in [-0.1, -0.05) is 0 Å². The molecule has 2 aromatic carbocycles. The molecule has 0 aliphatic heterocycles. The summed E-state index contributed by atoms with van der Waals surface area (Å²) in [7, 11) is -0.564. The van der Waals surface area contributed by atoms with E-state index in [1.165, 1.54) is 41.3 Å². The van der Waals surface area contributed by atoms with Crippen molar-refractivity contribution < 1.29 is 22.3 Å². The normalized spacial score (nSPS) is 11.0. The first-order valence-electron chi connectivity index (χ1n) is 6.99. The summed E-state index contributed by atoms with van der Waals surface area (Å²) in [5, 5.41) is 0. The van der Waals surface area contributed by atoms with Crippen molar-refractivity contribution in [3.8, 4) is 5.75 Å². The Labute approximate surface area is 139 Å². The summed E-state index contributed by atoms with van der Waals surface area (Å²) in [4.78, 5) is 12.9. The number of hydrogen-bond acceptors (Lipinski definition) is 4. The largest absolute Gasteiger partial charge is 0.484 e. The number of amides is 1. The van der Waals surface area contributed by atoms with Gasteiger partial charge in [0.25, 0.3) is 15.9 Å². The van der Waals surface area contributed by atoms with Crippen LogP contribution in [0, 0.1) is 5.82 Å². The number of hydrogen-bond donors (Lipinski definition) is 1. The van der Waals surface area contributed by atoms with Gasteiger partial charge in [0.15, 0.2) is 6.61 Å². The van der Waals surface area contributed by atoms with Crippen LogP contribution in [0.4, 0.5) is 10.1 Å². The molecule has 2 aromatic rings. The van der Waals surface area contributed by atoms with Crippen molar-refractivity contribution >= 4 is 21.6 Å². The van der Waals surface area contributed by atoms with E-state index in [1.54, 1.807) is 14.1 Å². The van der Waals surface area contributed by atoms with Crippen molar-refractivity contribution in [2.75, 3.05) is 25.4 Å². The molecule has 0 radical (unpaired) electrons. The summed E-state index contributed by atoms with van der Waals surface area (Å²) in [6, 6.07) is 10.6. The first kappa shape index (κ1) is 17.7. The molecule has 0 atom stereocenters. The second kappa shape index (κ2) is 7.31. The van der Waals surface area contributed by atoms with Crippen molar-refractivity contribution in [2.45, 2.75) is 4.90 Å². The average molecular weight is 352 g/mol. The number of nitrogens with zero attached hydrogens (tertiary/aromatic N) is 1. The van der Waals surface area contributed by atoms with E-state index in [0.717, 1.165) is 12.1 Å². The van der Waals surface area contributed by atoms with Gasteiger partial charge in [0.2, 0.25) is 0 Å². The highest BCUT2D eigenvalue weighted by atomic mass is 32.2. The lowest BCUT2D eigenvalue weighted by Gasteiger charge is -2.12. The quantitative estimate of drug-likeness (QED) is 0.864. The minimum absolute atomic E-state index is 0.0260. The van der Waals surface area contributed by atoms with E-state index in [2.05, 4.69) is 4.72 Å². The van der Waals surface area contributed by atoms with Crippen molar-refractivity contribution in [2.24, 2.45) is 0 Å². The number of carbonyl (C=O) groups is 1. The standard InChI is InChI=1S/C16H17FN2O4S/c1-19(2)16(20)11-23-14-7-9-15(10-8-14)24(21,22)18-13-5-3-12(17)4-6-13/h3-10,18H,11H2,1-2H3. The molecule has 0 aliphatic carbocycles. The number of anilines is 1. The minimum atomic E-state index is -3.79. The van der Waals surface area contributed by atoms with Gasteiger partial charge in [-0.25, -0.2) is 12.8 Å². The lowest BCUT2D eigenvalue weighted by atomic mass is 10.3. The number of likely N-dealkylation sites (N-methyl/N-ethyl adjacent to an activating group) is 1. The number of carbonyl (C=O) groups excluding carboxylic acids is 1. The maximum Gasteiger partial charge on any atom is 0.261 e. The highest BCUT2D eigenvalue weighted by Gasteiger charge is 2.14. The summed E-state index contributed by atoms with van der Waals surface area (Å²) in [6.07, 6.45) is 0. The highest BCUT2D eigenvalue weighted by Crippen LogP contribution is 2.19. The number of benzene rings is 2. The smallest absolute Gasteiger partial charge is 0.261 e. The topological polar surface area (TPSA) is 75.7 Å². The molecule has 0 spiro atoms. The Morgan fingerprint density at radius 3 is 2.21 bits per heavy atom. The fraction of sp³-hybridized carbons (Fsp3) is 0.188. The average Bonchev–Trinajstić information content (AvgIpc) is 2.55. The SMILES string of the molecule is CN(C)C(=O)COc1ccc(S(=O)(=O)Nc2ccc(F)cc2)cc1. The van der Waals surface area contributed by atoms with E-state index in [0.29, 0.717) is 5.75 Å². The zero-order valence-electron chi connectivity index (χ0n) is 13.2. The Morgan fingerprint density at radius 2 is 1.67 bits per heavy atom. The van der Waals surface area contributed by atoms with E-state index < -0.39 is 15.8 Å². The molecule has 0 aliphatic rings. The summed E-state index contributed by atoms with van der Waals surface area (Å²) in [6.45, 7) is -0.132. The molecular weight excluding hydrogens is 335 g/mol. The fourth-order valence-corrected chi connectivity index (χ4v) is 2.78. The molecule has 8 heteroatoms. The lowest BCUT2D eigenvalue weighted by Crippen LogP contribution is -2.27. The van der Waals surface area contributed by atoms with Crippen LogP contribution in [0.15, 0.2) is 53.4 Å². The van der Waals surface area contributed by atoms with Crippen LogP contribution in [0.5, 0.6) is 5.75 Å². The Hall–Kier alpha value is -2.61. The summed E-state index contributed by atoms with van der Waals surface area (Å²) >= 11 is 0. The maximum absolute atomic E-state index is 12.8. The number of ether oxygens (including phenoxy) is 1. The first-order valence-corrected chi connectivity index (χ1v) is 8.47. The Kier molecular flexibility index (Phi) is 5.40. The van der Waals surface area contributed by atoms with Crippen LogP contribution in [0.3, 0.4) is 0 Å². The molecule has 2 rings (SSSR count). The number of sulfonamides is 1. The summed E-state index contributed by atoms with van der Waals surface area (Å²) in [5.74, 6) is -0.276. The van der Waals surface area contributed by atoms with Crippen LogP contribution in [0.1, 0.15) is 0 Å². The molecular formula is C16H17FN2O4S. The van der Waals surface area contributed by atoms with Crippen LogP contribution in [-0.4, -0.2) is 39.9 Å². The van der Waals surface area contributed by atoms with Gasteiger partial charge in [-0.3, -0.25) is 9.52 Å². The second-order valence-electron chi connectivity index (χ2n) is 5.16. The number of rotatable bonds is 6. The molecule has 0 unspecified atom stereocenters. The van der Waals surface area contributed by atoms with Crippen LogP contribution in [-0.2, 0) is 14.8 Å². The third-order valence-electron chi connectivity index (χ3n) is 3.09. The van der Waals surface area contributed by atoms with Crippen molar-refractivity contribution in [1.29, 1.82) is 0 Å². The Balaban J connectivity index is 2.05. The molecule has 6 nitrogen and oxygen atoms in total. The number of nitrogens with one attached hydrogen (secondary N) is 1. The maximum atomic E-state index is 12.8. The molecule has 0 saturated heterocycles. The fourth-order valence-electron chi connectivity index (χ4n) is 1.72. The monoisotopic (exact) mass is 352 g/mol. The van der Waals surface area contributed by atoms with Gasteiger partial charge in [0.1, 0.15) is 11.6 Å². The van der Waals surface area contributed by atoms with Gasteiger partial charge in [0.05, 0.1) is 4.90 Å². The molecule has 1 amide bonds. The van der Waals surface area contributed by atoms with Gasteiger partial charge in [0, 0.05) is 19.8 Å². The van der Waals surface area contributed by atoms with E-state index in [4.69, 9.17) is 4.74 Å². The molecule has 0 bridgehead atoms. The van der Waals surface area contributed by atoms with E-state index in [1.807, 2.05) is 0 Å². The van der Waals surface area contributed by atoms with Gasteiger partial charge in [-0.05, 0) is 48.5 Å². The first-order chi connectivity index (χ1) is 11.3. The molecule has 0 saturated carbocycles. The summed E-state index contributed by atoms with van der Waals surface area (Å²) < 4.78 is 45.0. The highest BCUT2D eigenvalue weighted by molar-refractivity contribution is 7.92. The van der Waals surface area contributed by atoms with E-state index in [9.17, 15) is 17.6 Å². The van der Waals surface area contributed by atoms with Gasteiger partial charge < -0.3 is 9.64 Å². The van der Waals surface area contributed by atoms with Crippen molar-refractivity contribution in [3.63, 3.8) is 0 Å². The molecule has 1 N–H and O–H groups in total. The molecule has 0 fully saturated rings. The van der Waals surface area contributed by atoms with Gasteiger partial charge >= 0.3 is 0 Å². The van der Waals surface area contributed by atoms with E-state index in [-0.39, 0.29) is 23.1 Å². The molecule has 128 valence electrons.